The van der Waals surface area contributed by atoms with Gasteiger partial charge < -0.3 is 20.7 Å². The summed E-state index contributed by atoms with van der Waals surface area (Å²) in [6, 6.07) is 7.56. The molecule has 0 fully saturated rings. The van der Waals surface area contributed by atoms with Crippen molar-refractivity contribution in [2.24, 2.45) is 4.99 Å². The maximum Gasteiger partial charge on any atom is 0.251 e. The number of ether oxygens (including phenoxy) is 1. The second-order valence-electron chi connectivity index (χ2n) is 5.23. The molecule has 0 saturated heterocycles. The molecular formula is C18H31IN4O2. The average Bonchev–Trinajstić information content (AvgIpc) is 2.60. The first-order valence-corrected chi connectivity index (χ1v) is 8.68. The molecule has 0 saturated carbocycles. The first-order valence-electron chi connectivity index (χ1n) is 8.68. The van der Waals surface area contributed by atoms with Gasteiger partial charge in [0, 0.05) is 38.4 Å². The highest BCUT2D eigenvalue weighted by molar-refractivity contribution is 14.0. The normalized spacial score (nSPS) is 10.8. The molecule has 0 aliphatic heterocycles. The first kappa shape index (κ1) is 23.6. The fraction of sp³-hybridized carbons (Fsp3) is 0.556. The maximum atomic E-state index is 11.9. The summed E-state index contributed by atoms with van der Waals surface area (Å²) < 4.78 is 5.32. The molecule has 6 nitrogen and oxygen atoms in total. The van der Waals surface area contributed by atoms with E-state index in [1.54, 1.807) is 0 Å². The summed E-state index contributed by atoms with van der Waals surface area (Å²) in [5.41, 5.74) is 1.67. The Morgan fingerprint density at radius 1 is 1.12 bits per heavy atom. The third-order valence-corrected chi connectivity index (χ3v) is 3.25. The first-order chi connectivity index (χ1) is 11.7. The van der Waals surface area contributed by atoms with E-state index in [1.165, 1.54) is 0 Å². The number of hydrogen-bond acceptors (Lipinski definition) is 3. The lowest BCUT2D eigenvalue weighted by Crippen LogP contribution is -2.38. The van der Waals surface area contributed by atoms with Crippen molar-refractivity contribution in [3.63, 3.8) is 0 Å². The molecule has 0 radical (unpaired) electrons. The zero-order valence-corrected chi connectivity index (χ0v) is 17.8. The molecule has 1 aromatic rings. The summed E-state index contributed by atoms with van der Waals surface area (Å²) >= 11 is 0. The molecule has 7 heteroatoms. The van der Waals surface area contributed by atoms with Crippen molar-refractivity contribution < 1.29 is 9.53 Å². The van der Waals surface area contributed by atoms with E-state index in [0.29, 0.717) is 18.7 Å². The fourth-order valence-electron chi connectivity index (χ4n) is 2.11. The highest BCUT2D eigenvalue weighted by Gasteiger charge is 2.04. The summed E-state index contributed by atoms with van der Waals surface area (Å²) in [6.07, 6.45) is 0.935. The van der Waals surface area contributed by atoms with Gasteiger partial charge in [-0.15, -0.1) is 24.0 Å². The van der Waals surface area contributed by atoms with Gasteiger partial charge in [0.15, 0.2) is 5.96 Å². The number of hydrogen-bond donors (Lipinski definition) is 3. The molecule has 142 valence electrons. The van der Waals surface area contributed by atoms with Gasteiger partial charge in [0.25, 0.3) is 5.91 Å². The lowest BCUT2D eigenvalue weighted by Gasteiger charge is -2.11. The van der Waals surface area contributed by atoms with Crippen molar-refractivity contribution >= 4 is 35.8 Å². The smallest absolute Gasteiger partial charge is 0.251 e. The van der Waals surface area contributed by atoms with Crippen LogP contribution in [0.5, 0.6) is 0 Å². The Morgan fingerprint density at radius 3 is 2.56 bits per heavy atom. The van der Waals surface area contributed by atoms with Gasteiger partial charge in [-0.1, -0.05) is 12.1 Å². The van der Waals surface area contributed by atoms with Gasteiger partial charge in [0.1, 0.15) is 0 Å². The molecular weight excluding hydrogens is 431 g/mol. The van der Waals surface area contributed by atoms with Gasteiger partial charge in [0.2, 0.25) is 0 Å². The van der Waals surface area contributed by atoms with Crippen LogP contribution in [0, 0.1) is 0 Å². The van der Waals surface area contributed by atoms with Crippen LogP contribution >= 0.6 is 24.0 Å². The van der Waals surface area contributed by atoms with Crippen LogP contribution in [0.25, 0.3) is 0 Å². The van der Waals surface area contributed by atoms with E-state index < -0.39 is 0 Å². The molecule has 0 unspecified atom stereocenters. The van der Waals surface area contributed by atoms with Crippen LogP contribution in [-0.4, -0.2) is 44.7 Å². The summed E-state index contributed by atoms with van der Waals surface area (Å²) in [5, 5.41) is 9.31. The Kier molecular flexibility index (Phi) is 14.1. The number of rotatable bonds is 10. The Hall–Kier alpha value is -1.35. The van der Waals surface area contributed by atoms with Gasteiger partial charge >= 0.3 is 0 Å². The number of carbonyl (C=O) groups is 1. The largest absolute Gasteiger partial charge is 0.382 e. The second-order valence-corrected chi connectivity index (χ2v) is 5.23. The van der Waals surface area contributed by atoms with Crippen molar-refractivity contribution in [1.82, 2.24) is 16.0 Å². The van der Waals surface area contributed by atoms with E-state index in [-0.39, 0.29) is 29.9 Å². The monoisotopic (exact) mass is 462 g/mol. The van der Waals surface area contributed by atoms with Crippen LogP contribution in [0.3, 0.4) is 0 Å². The van der Waals surface area contributed by atoms with Crippen LogP contribution in [0.4, 0.5) is 0 Å². The Bertz CT molecular complexity index is 524. The Morgan fingerprint density at radius 2 is 1.88 bits per heavy atom. The van der Waals surface area contributed by atoms with Crippen LogP contribution in [-0.2, 0) is 11.3 Å². The quantitative estimate of drug-likeness (QED) is 0.216. The standard InChI is InChI=1S/C18H30N4O2.HI/c1-4-19-17(23)16-10-7-9-15(13-16)14-22-18(20-5-2)21-11-8-12-24-6-3;/h7,9-10,13H,4-6,8,11-12,14H2,1-3H3,(H,19,23)(H2,20,21,22);1H. The molecule has 1 aromatic carbocycles. The van der Waals surface area contributed by atoms with Crippen molar-refractivity contribution in [3.05, 3.63) is 35.4 Å². The van der Waals surface area contributed by atoms with Crippen molar-refractivity contribution in [3.8, 4) is 0 Å². The molecule has 0 aliphatic rings. The second kappa shape index (κ2) is 14.9. The van der Waals surface area contributed by atoms with Crippen LogP contribution < -0.4 is 16.0 Å². The number of benzene rings is 1. The SMILES string of the molecule is CCNC(=O)c1cccc(CN=C(NCC)NCCCOCC)c1.I. The molecule has 0 bridgehead atoms. The minimum atomic E-state index is -0.0516. The molecule has 0 atom stereocenters. The Labute approximate surface area is 168 Å². The predicted molar refractivity (Wildman–Crippen MR) is 114 cm³/mol. The molecule has 3 N–H and O–H groups in total. The zero-order chi connectivity index (χ0) is 17.6. The van der Waals surface area contributed by atoms with Gasteiger partial charge in [-0.25, -0.2) is 4.99 Å². The zero-order valence-electron chi connectivity index (χ0n) is 15.4. The lowest BCUT2D eigenvalue weighted by atomic mass is 10.1. The van der Waals surface area contributed by atoms with Gasteiger partial charge in [-0.05, 0) is 44.9 Å². The van der Waals surface area contributed by atoms with E-state index in [9.17, 15) is 4.79 Å². The van der Waals surface area contributed by atoms with Crippen LogP contribution in [0.15, 0.2) is 29.3 Å². The number of halogens is 1. The topological polar surface area (TPSA) is 74.8 Å². The fourth-order valence-corrected chi connectivity index (χ4v) is 2.11. The van der Waals surface area contributed by atoms with Gasteiger partial charge in [-0.2, -0.15) is 0 Å². The van der Waals surface area contributed by atoms with E-state index in [1.807, 2.05) is 45.0 Å². The van der Waals surface area contributed by atoms with Crippen molar-refractivity contribution in [2.75, 3.05) is 32.8 Å². The molecule has 0 spiro atoms. The number of nitrogens with one attached hydrogen (secondary N) is 3. The van der Waals surface area contributed by atoms with E-state index in [0.717, 1.165) is 44.2 Å². The highest BCUT2D eigenvalue weighted by atomic mass is 127. The average molecular weight is 462 g/mol. The number of carbonyl (C=O) groups excluding carboxylic acids is 1. The summed E-state index contributed by atoms with van der Waals surface area (Å²) in [5.74, 6) is 0.724. The Balaban J connectivity index is 0.00000576. The summed E-state index contributed by atoms with van der Waals surface area (Å²) in [7, 11) is 0. The number of aliphatic imine (C=N–C) groups is 1. The van der Waals surface area contributed by atoms with Crippen LogP contribution in [0.1, 0.15) is 43.1 Å². The predicted octanol–water partition coefficient (Wildman–Crippen LogP) is 2.54. The third kappa shape index (κ3) is 10.3. The van der Waals surface area contributed by atoms with Gasteiger partial charge in [0.05, 0.1) is 6.54 Å². The third-order valence-electron chi connectivity index (χ3n) is 3.25. The minimum absolute atomic E-state index is 0. The van der Waals surface area contributed by atoms with Gasteiger partial charge in [-0.3, -0.25) is 4.79 Å². The van der Waals surface area contributed by atoms with Crippen LogP contribution in [0.2, 0.25) is 0 Å². The molecule has 25 heavy (non-hydrogen) atoms. The molecule has 0 aromatic heterocycles. The highest BCUT2D eigenvalue weighted by Crippen LogP contribution is 2.06. The maximum absolute atomic E-state index is 11.9. The molecule has 1 rings (SSSR count). The van der Waals surface area contributed by atoms with E-state index in [4.69, 9.17) is 4.74 Å². The van der Waals surface area contributed by atoms with Crippen molar-refractivity contribution in [1.29, 1.82) is 0 Å². The molecule has 0 heterocycles. The molecule has 0 aliphatic carbocycles. The number of nitrogens with zero attached hydrogens (tertiary/aromatic N) is 1. The van der Waals surface area contributed by atoms with Crippen molar-refractivity contribution in [2.45, 2.75) is 33.7 Å². The van der Waals surface area contributed by atoms with E-state index >= 15 is 0 Å². The minimum Gasteiger partial charge on any atom is -0.382 e. The lowest BCUT2D eigenvalue weighted by molar-refractivity contribution is 0.0955. The summed E-state index contributed by atoms with van der Waals surface area (Å²) in [4.78, 5) is 16.5. The van der Waals surface area contributed by atoms with E-state index in [2.05, 4.69) is 20.9 Å². The number of amides is 1. The summed E-state index contributed by atoms with van der Waals surface area (Å²) in [6.45, 7) is 10.2. The molecule has 1 amide bonds. The number of guanidine groups is 1.